The summed E-state index contributed by atoms with van der Waals surface area (Å²) in [6, 6.07) is 6.73. The number of carbonyl (C=O) groups is 1. The van der Waals surface area contributed by atoms with Gasteiger partial charge in [0.25, 0.3) is 5.91 Å². The average Bonchev–Trinajstić information content (AvgIpc) is 2.80. The highest BCUT2D eigenvalue weighted by Gasteiger charge is 2.23. The number of phenolic OH excluding ortho intramolecular Hbond substituents is 1. The van der Waals surface area contributed by atoms with Gasteiger partial charge in [0.15, 0.2) is 0 Å². The zero-order valence-electron chi connectivity index (χ0n) is 9.31. The molecule has 1 aliphatic heterocycles. The number of nitrogens with zero attached hydrogens (tertiary/aromatic N) is 1. The van der Waals surface area contributed by atoms with E-state index in [0.717, 1.165) is 19.5 Å². The van der Waals surface area contributed by atoms with E-state index in [4.69, 9.17) is 0 Å². The number of nitrogens with one attached hydrogen (secondary N) is 1. The number of likely N-dealkylation sites (N-methyl/N-ethyl adjacent to an activating group) is 1. The van der Waals surface area contributed by atoms with Crippen LogP contribution in [0.3, 0.4) is 0 Å². The van der Waals surface area contributed by atoms with Crippen LogP contribution in [0.15, 0.2) is 24.3 Å². The van der Waals surface area contributed by atoms with E-state index in [1.807, 2.05) is 7.05 Å². The highest BCUT2D eigenvalue weighted by molar-refractivity contribution is 5.94. The quantitative estimate of drug-likeness (QED) is 0.776. The highest BCUT2D eigenvalue weighted by atomic mass is 16.3. The van der Waals surface area contributed by atoms with Crippen molar-refractivity contribution in [2.45, 2.75) is 12.5 Å². The van der Waals surface area contributed by atoms with Crippen LogP contribution in [0.25, 0.3) is 0 Å². The number of hydrogen-bond donors (Lipinski definition) is 2. The van der Waals surface area contributed by atoms with Crippen LogP contribution in [0.5, 0.6) is 5.75 Å². The predicted molar refractivity (Wildman–Crippen MR) is 61.5 cm³/mol. The van der Waals surface area contributed by atoms with Crippen molar-refractivity contribution in [3.63, 3.8) is 0 Å². The number of aromatic hydroxyl groups is 1. The minimum absolute atomic E-state index is 0.0374. The molecule has 0 aromatic heterocycles. The van der Waals surface area contributed by atoms with E-state index < -0.39 is 0 Å². The summed E-state index contributed by atoms with van der Waals surface area (Å²) >= 11 is 0. The zero-order chi connectivity index (χ0) is 11.5. The Morgan fingerprint density at radius 1 is 1.56 bits per heavy atom. The van der Waals surface area contributed by atoms with E-state index in [9.17, 15) is 9.90 Å². The zero-order valence-corrected chi connectivity index (χ0v) is 9.31. The van der Waals surface area contributed by atoms with Crippen molar-refractivity contribution in [3.8, 4) is 5.75 Å². The van der Waals surface area contributed by atoms with Crippen LogP contribution in [0.1, 0.15) is 16.8 Å². The van der Waals surface area contributed by atoms with Gasteiger partial charge < -0.3 is 15.3 Å². The van der Waals surface area contributed by atoms with Crippen molar-refractivity contribution in [2.75, 3.05) is 20.1 Å². The van der Waals surface area contributed by atoms with Crippen LogP contribution in [-0.2, 0) is 0 Å². The Hall–Kier alpha value is -1.55. The Balaban J connectivity index is 2.12. The van der Waals surface area contributed by atoms with Crippen LogP contribution in [0, 0.1) is 0 Å². The van der Waals surface area contributed by atoms with Gasteiger partial charge in [0.05, 0.1) is 0 Å². The van der Waals surface area contributed by atoms with Crippen molar-refractivity contribution in [1.29, 1.82) is 0 Å². The Morgan fingerprint density at radius 3 is 3.00 bits per heavy atom. The summed E-state index contributed by atoms with van der Waals surface area (Å²) in [6.07, 6.45) is 0.987. The minimum atomic E-state index is -0.0374. The second-order valence-corrected chi connectivity index (χ2v) is 4.11. The number of phenols is 1. The molecule has 1 aromatic rings. The number of hydrogen-bond acceptors (Lipinski definition) is 3. The van der Waals surface area contributed by atoms with Gasteiger partial charge in [-0.3, -0.25) is 4.79 Å². The monoisotopic (exact) mass is 220 g/mol. The molecule has 1 aliphatic rings. The first-order chi connectivity index (χ1) is 7.68. The van der Waals surface area contributed by atoms with Crippen LogP contribution in [-0.4, -0.2) is 42.1 Å². The topological polar surface area (TPSA) is 52.6 Å². The van der Waals surface area contributed by atoms with Gasteiger partial charge in [-0.2, -0.15) is 0 Å². The molecular formula is C12H16N2O2. The maximum Gasteiger partial charge on any atom is 0.254 e. The molecule has 2 N–H and O–H groups in total. The van der Waals surface area contributed by atoms with Gasteiger partial charge in [0.1, 0.15) is 5.75 Å². The van der Waals surface area contributed by atoms with E-state index in [1.165, 1.54) is 6.07 Å². The molecule has 1 fully saturated rings. The lowest BCUT2D eigenvalue weighted by atomic mass is 10.1. The largest absolute Gasteiger partial charge is 0.508 e. The molecule has 2 rings (SSSR count). The van der Waals surface area contributed by atoms with Crippen LogP contribution in [0.2, 0.25) is 0 Å². The fraction of sp³-hybridized carbons (Fsp3) is 0.417. The third-order valence-corrected chi connectivity index (χ3v) is 3.00. The molecule has 86 valence electrons. The van der Waals surface area contributed by atoms with E-state index >= 15 is 0 Å². The maximum absolute atomic E-state index is 12.1. The van der Waals surface area contributed by atoms with Crippen LogP contribution < -0.4 is 5.32 Å². The van der Waals surface area contributed by atoms with Crippen molar-refractivity contribution < 1.29 is 9.90 Å². The maximum atomic E-state index is 12.1. The summed E-state index contributed by atoms with van der Waals surface area (Å²) in [5.74, 6) is 0.0911. The standard InChI is InChI=1S/C12H16N2O2/c1-14(10-5-6-13-8-10)12(16)9-3-2-4-11(15)7-9/h2-4,7,10,13,15H,5-6,8H2,1H3. The summed E-state index contributed by atoms with van der Waals surface area (Å²) < 4.78 is 0. The van der Waals surface area contributed by atoms with Gasteiger partial charge >= 0.3 is 0 Å². The van der Waals surface area contributed by atoms with Gasteiger partial charge in [-0.25, -0.2) is 0 Å². The summed E-state index contributed by atoms with van der Waals surface area (Å²) in [5.41, 5.74) is 0.536. The van der Waals surface area contributed by atoms with Crippen LogP contribution >= 0.6 is 0 Å². The molecule has 16 heavy (non-hydrogen) atoms. The Morgan fingerprint density at radius 2 is 2.38 bits per heavy atom. The fourth-order valence-corrected chi connectivity index (χ4v) is 1.98. The SMILES string of the molecule is CN(C(=O)c1cccc(O)c1)C1CCNC1. The minimum Gasteiger partial charge on any atom is -0.508 e. The first kappa shape index (κ1) is 11.0. The van der Waals surface area contributed by atoms with Crippen LogP contribution in [0.4, 0.5) is 0 Å². The number of benzene rings is 1. The third-order valence-electron chi connectivity index (χ3n) is 3.00. The molecule has 0 bridgehead atoms. The molecule has 4 nitrogen and oxygen atoms in total. The first-order valence-electron chi connectivity index (χ1n) is 5.45. The van der Waals surface area contributed by atoms with Gasteiger partial charge in [-0.05, 0) is 31.2 Å². The third kappa shape index (κ3) is 2.17. The fourth-order valence-electron chi connectivity index (χ4n) is 1.98. The number of carbonyl (C=O) groups excluding carboxylic acids is 1. The average molecular weight is 220 g/mol. The molecule has 0 aliphatic carbocycles. The highest BCUT2D eigenvalue weighted by Crippen LogP contribution is 2.15. The molecule has 0 spiro atoms. The first-order valence-corrected chi connectivity index (χ1v) is 5.45. The predicted octanol–water partition coefficient (Wildman–Crippen LogP) is 0.826. The summed E-state index contributed by atoms with van der Waals surface area (Å²) in [4.78, 5) is 13.8. The second kappa shape index (κ2) is 4.53. The van der Waals surface area contributed by atoms with E-state index in [2.05, 4.69) is 5.32 Å². The molecule has 1 aromatic carbocycles. The molecule has 1 heterocycles. The number of rotatable bonds is 2. The molecule has 1 saturated heterocycles. The van der Waals surface area contributed by atoms with E-state index in [0.29, 0.717) is 5.56 Å². The summed E-state index contributed by atoms with van der Waals surface area (Å²) in [6.45, 7) is 1.81. The summed E-state index contributed by atoms with van der Waals surface area (Å²) in [5, 5.41) is 12.6. The Labute approximate surface area is 94.9 Å². The Bertz CT molecular complexity index is 386. The van der Waals surface area contributed by atoms with Gasteiger partial charge in [0, 0.05) is 25.2 Å². The molecular weight excluding hydrogens is 204 g/mol. The molecule has 1 amide bonds. The molecule has 1 atom stereocenters. The number of amides is 1. The van der Waals surface area contributed by atoms with Crippen molar-refractivity contribution in [3.05, 3.63) is 29.8 Å². The molecule has 4 heteroatoms. The van der Waals surface area contributed by atoms with Gasteiger partial charge in [-0.15, -0.1) is 0 Å². The van der Waals surface area contributed by atoms with Crippen molar-refractivity contribution in [1.82, 2.24) is 10.2 Å². The normalized spacial score (nSPS) is 19.7. The molecule has 1 unspecified atom stereocenters. The second-order valence-electron chi connectivity index (χ2n) is 4.11. The van der Waals surface area contributed by atoms with Crippen molar-refractivity contribution >= 4 is 5.91 Å². The molecule has 0 saturated carbocycles. The van der Waals surface area contributed by atoms with E-state index in [-0.39, 0.29) is 17.7 Å². The smallest absolute Gasteiger partial charge is 0.254 e. The lowest BCUT2D eigenvalue weighted by Gasteiger charge is -2.23. The lowest BCUT2D eigenvalue weighted by molar-refractivity contribution is 0.0743. The van der Waals surface area contributed by atoms with Gasteiger partial charge in [-0.1, -0.05) is 6.07 Å². The van der Waals surface area contributed by atoms with E-state index in [1.54, 1.807) is 23.1 Å². The Kier molecular flexibility index (Phi) is 3.10. The molecule has 0 radical (unpaired) electrons. The summed E-state index contributed by atoms with van der Waals surface area (Å²) in [7, 11) is 1.81. The van der Waals surface area contributed by atoms with Gasteiger partial charge in [0.2, 0.25) is 0 Å². The lowest BCUT2D eigenvalue weighted by Crippen LogP contribution is -2.38. The van der Waals surface area contributed by atoms with Crippen molar-refractivity contribution in [2.24, 2.45) is 0 Å².